The third-order valence-corrected chi connectivity index (χ3v) is 11.1. The number of methoxy groups -OCH3 is 1. The first-order valence-electron chi connectivity index (χ1n) is 16.3. The van der Waals surface area contributed by atoms with Crippen molar-refractivity contribution >= 4 is 75.1 Å². The summed E-state index contributed by atoms with van der Waals surface area (Å²) in [6.07, 6.45) is 5.29. The molecule has 7 rings (SSSR count). The summed E-state index contributed by atoms with van der Waals surface area (Å²) in [6.45, 7) is 2.09. The van der Waals surface area contributed by atoms with Crippen LogP contribution in [0.4, 0.5) is 0 Å². The predicted molar refractivity (Wildman–Crippen MR) is 200 cm³/mol. The number of morpholine rings is 1. The van der Waals surface area contributed by atoms with Crippen LogP contribution in [0.15, 0.2) is 70.3 Å². The Kier molecular flexibility index (Phi) is 10.2. The fraction of sp³-hybridized carbons (Fsp3) is 0.324. The molecule has 2 aliphatic heterocycles. The second-order valence-electron chi connectivity index (χ2n) is 12.0. The molecule has 0 saturated carbocycles. The zero-order valence-corrected chi connectivity index (χ0v) is 30.2. The number of hydrogen-bond acceptors (Lipinski definition) is 9. The molecular formula is C37H38ClN5O4S2. The first-order valence-corrected chi connectivity index (χ1v) is 18.8. The highest BCUT2D eigenvalue weighted by atomic mass is 35.5. The van der Waals surface area contributed by atoms with Gasteiger partial charge in [-0.25, -0.2) is 4.79 Å². The van der Waals surface area contributed by atoms with Crippen LogP contribution in [0.2, 0.25) is 5.02 Å². The molecule has 2 aliphatic rings. The van der Waals surface area contributed by atoms with Crippen LogP contribution in [0.3, 0.4) is 0 Å². The molecule has 0 unspecified atom stereocenters. The van der Waals surface area contributed by atoms with Gasteiger partial charge in [0, 0.05) is 69.5 Å². The molecule has 1 saturated heterocycles. The molecule has 5 aromatic rings. The van der Waals surface area contributed by atoms with E-state index in [0.29, 0.717) is 49.9 Å². The van der Waals surface area contributed by atoms with Crippen LogP contribution in [-0.2, 0) is 41.5 Å². The van der Waals surface area contributed by atoms with Crippen molar-refractivity contribution in [3.05, 3.63) is 93.5 Å². The number of benzene rings is 3. The van der Waals surface area contributed by atoms with Crippen molar-refractivity contribution in [2.75, 3.05) is 39.2 Å². The van der Waals surface area contributed by atoms with Gasteiger partial charge in [-0.15, -0.1) is 23.5 Å². The molecular weight excluding hydrogens is 678 g/mol. The van der Waals surface area contributed by atoms with Crippen molar-refractivity contribution in [2.45, 2.75) is 29.2 Å². The topological polar surface area (TPSA) is 83.1 Å². The number of aryl methyl sites for hydroxylation is 3. The smallest absolute Gasteiger partial charge is 0.354 e. The van der Waals surface area contributed by atoms with Gasteiger partial charge in [-0.3, -0.25) is 9.69 Å². The molecule has 9 nitrogen and oxygen atoms in total. The van der Waals surface area contributed by atoms with E-state index in [1.165, 1.54) is 12.8 Å². The van der Waals surface area contributed by atoms with E-state index < -0.39 is 0 Å². The van der Waals surface area contributed by atoms with Gasteiger partial charge in [-0.1, -0.05) is 41.9 Å². The minimum absolute atomic E-state index is 0.387. The van der Waals surface area contributed by atoms with E-state index in [4.69, 9.17) is 36.0 Å². The number of hydrazone groups is 1. The summed E-state index contributed by atoms with van der Waals surface area (Å²) in [5.74, 6) is 2.79. The maximum atomic E-state index is 13.2. The first-order chi connectivity index (χ1) is 23.9. The van der Waals surface area contributed by atoms with Gasteiger partial charge in [0.1, 0.15) is 11.4 Å². The zero-order chi connectivity index (χ0) is 33.9. The molecule has 0 aliphatic carbocycles. The Labute approximate surface area is 299 Å². The molecule has 1 fully saturated rings. The van der Waals surface area contributed by atoms with Crippen LogP contribution in [0.1, 0.15) is 39.4 Å². The second kappa shape index (κ2) is 14.9. The number of esters is 1. The van der Waals surface area contributed by atoms with Gasteiger partial charge in [0.05, 0.1) is 50.4 Å². The molecule has 0 N–H and O–H groups in total. The Hall–Kier alpha value is -3.90. The highest BCUT2D eigenvalue weighted by Crippen LogP contribution is 2.37. The van der Waals surface area contributed by atoms with Gasteiger partial charge < -0.3 is 18.8 Å². The van der Waals surface area contributed by atoms with E-state index in [9.17, 15) is 4.79 Å². The van der Waals surface area contributed by atoms with Crippen LogP contribution < -0.4 is 4.74 Å². The van der Waals surface area contributed by atoms with Crippen molar-refractivity contribution in [1.29, 1.82) is 0 Å². The van der Waals surface area contributed by atoms with Crippen LogP contribution in [-0.4, -0.2) is 70.8 Å². The fourth-order valence-electron chi connectivity index (χ4n) is 6.50. The SMILES string of the molecule is COC(=O)c1c2c3ccc(Cl)c(c3n1C)/C=C1\COCCN1/N=C/CSCc1cc(n(C)n1)CSc1cc(c3ccccc3c1)OCCC2. The standard InChI is InChI=1S/C37H38ClN5O4S2/c1-41-35-31-10-11-33(38)32(35)19-26-21-46-15-13-43(26)39-12-16-48-22-25-18-27(42(2)40-25)23-49-28-17-24-7-4-5-8-29(24)34(20-28)47-14-6-9-30(31)36(41)37(44)45-3/h4-5,7-8,10-12,17-20H,6,9,13-16,21-23H2,1-3H3/b26-19+,39-12+. The second-order valence-corrected chi connectivity index (χ2v) is 14.5. The monoisotopic (exact) mass is 715 g/mol. The lowest BCUT2D eigenvalue weighted by atomic mass is 10.0. The summed E-state index contributed by atoms with van der Waals surface area (Å²) in [6, 6.07) is 18.8. The number of halogens is 1. The highest BCUT2D eigenvalue weighted by Gasteiger charge is 2.25. The van der Waals surface area contributed by atoms with Crippen molar-refractivity contribution in [3.8, 4) is 5.75 Å². The largest absolute Gasteiger partial charge is 0.493 e. The first kappa shape index (κ1) is 33.6. The Morgan fingerprint density at radius 3 is 2.80 bits per heavy atom. The van der Waals surface area contributed by atoms with Crippen molar-refractivity contribution in [3.63, 3.8) is 0 Å². The highest BCUT2D eigenvalue weighted by molar-refractivity contribution is 7.99. The Bertz CT molecular complexity index is 2090. The molecule has 8 bridgehead atoms. The fourth-order valence-corrected chi connectivity index (χ4v) is 8.34. The summed E-state index contributed by atoms with van der Waals surface area (Å²) in [4.78, 5) is 14.4. The molecule has 49 heavy (non-hydrogen) atoms. The third kappa shape index (κ3) is 7.08. The number of hydrogen-bond donors (Lipinski definition) is 0. The van der Waals surface area contributed by atoms with Crippen LogP contribution in [0.5, 0.6) is 5.75 Å². The van der Waals surface area contributed by atoms with E-state index in [2.05, 4.69) is 36.4 Å². The van der Waals surface area contributed by atoms with E-state index >= 15 is 0 Å². The third-order valence-electron chi connectivity index (χ3n) is 8.87. The quantitative estimate of drug-likeness (QED) is 0.163. The summed E-state index contributed by atoms with van der Waals surface area (Å²) in [5.41, 5.74) is 6.21. The number of carbonyl (C=O) groups is 1. The lowest BCUT2D eigenvalue weighted by Gasteiger charge is -2.27. The maximum absolute atomic E-state index is 13.2. The van der Waals surface area contributed by atoms with Crippen molar-refractivity contribution < 1.29 is 19.0 Å². The number of carbonyl (C=O) groups excluding carboxylic acids is 1. The Morgan fingerprint density at radius 2 is 1.92 bits per heavy atom. The molecule has 254 valence electrons. The van der Waals surface area contributed by atoms with Gasteiger partial charge in [0.15, 0.2) is 0 Å². The van der Waals surface area contributed by atoms with Crippen LogP contribution >= 0.6 is 35.1 Å². The van der Waals surface area contributed by atoms with E-state index in [0.717, 1.165) is 72.1 Å². The number of nitrogens with zero attached hydrogens (tertiary/aromatic N) is 5. The molecule has 4 heterocycles. The molecule has 3 aromatic carbocycles. The minimum atomic E-state index is -0.387. The molecule has 2 aromatic heterocycles. The lowest BCUT2D eigenvalue weighted by molar-refractivity contribution is 0.0589. The molecule has 0 atom stereocenters. The lowest BCUT2D eigenvalue weighted by Crippen LogP contribution is -2.30. The van der Waals surface area contributed by atoms with E-state index in [1.807, 2.05) is 58.8 Å². The van der Waals surface area contributed by atoms with Crippen molar-refractivity contribution in [2.24, 2.45) is 19.2 Å². The number of thioether (sulfide) groups is 2. The molecule has 0 radical (unpaired) electrons. The average Bonchev–Trinajstić information content (AvgIpc) is 3.61. The molecule has 12 heteroatoms. The van der Waals surface area contributed by atoms with Crippen LogP contribution in [0, 0.1) is 0 Å². The molecule has 0 amide bonds. The van der Waals surface area contributed by atoms with Gasteiger partial charge in [0.2, 0.25) is 0 Å². The summed E-state index contributed by atoms with van der Waals surface area (Å²) in [5, 5.41) is 15.3. The van der Waals surface area contributed by atoms with E-state index in [-0.39, 0.29) is 5.97 Å². The van der Waals surface area contributed by atoms with Gasteiger partial charge in [-0.2, -0.15) is 10.2 Å². The average molecular weight is 716 g/mol. The predicted octanol–water partition coefficient (Wildman–Crippen LogP) is 7.71. The van der Waals surface area contributed by atoms with Gasteiger partial charge in [-0.05, 0) is 54.1 Å². The molecule has 0 spiro atoms. The normalized spacial score (nSPS) is 18.0. The van der Waals surface area contributed by atoms with Crippen LogP contribution in [0.25, 0.3) is 27.8 Å². The summed E-state index contributed by atoms with van der Waals surface area (Å²) < 4.78 is 21.5. The Morgan fingerprint density at radius 1 is 1.04 bits per heavy atom. The van der Waals surface area contributed by atoms with Crippen molar-refractivity contribution in [1.82, 2.24) is 19.4 Å². The number of ether oxygens (including phenoxy) is 3. The minimum Gasteiger partial charge on any atom is -0.493 e. The van der Waals surface area contributed by atoms with E-state index in [1.54, 1.807) is 23.5 Å². The summed E-state index contributed by atoms with van der Waals surface area (Å²) in [7, 11) is 5.32. The number of aromatic nitrogens is 3. The number of fused-ring (bicyclic) bond motifs is 7. The maximum Gasteiger partial charge on any atom is 0.354 e. The van der Waals surface area contributed by atoms with Gasteiger partial charge >= 0.3 is 5.97 Å². The Balaban J connectivity index is 1.28. The summed E-state index contributed by atoms with van der Waals surface area (Å²) >= 11 is 10.4. The number of rotatable bonds is 1. The zero-order valence-electron chi connectivity index (χ0n) is 27.8. The van der Waals surface area contributed by atoms with Gasteiger partial charge in [0.25, 0.3) is 0 Å².